The van der Waals surface area contributed by atoms with Gasteiger partial charge in [-0.3, -0.25) is 4.79 Å². The Morgan fingerprint density at radius 1 is 1.11 bits per heavy atom. The van der Waals surface area contributed by atoms with Gasteiger partial charge in [-0.25, -0.2) is 0 Å². The highest BCUT2D eigenvalue weighted by molar-refractivity contribution is 6.32. The Bertz CT molecular complexity index is 1570. The number of nitrogens with two attached hydrogens (primary N) is 1. The zero-order chi connectivity index (χ0) is 33.2. The van der Waals surface area contributed by atoms with Crippen LogP contribution in [0.4, 0.5) is 24.9 Å². The molecule has 14 heteroatoms. The fourth-order valence-electron chi connectivity index (χ4n) is 6.02. The number of aromatic nitrogens is 2. The Kier molecular flexibility index (Phi) is 10.1. The lowest BCUT2D eigenvalue weighted by molar-refractivity contribution is -0.198. The molecule has 0 aliphatic carbocycles. The van der Waals surface area contributed by atoms with Crippen molar-refractivity contribution in [3.63, 3.8) is 0 Å². The van der Waals surface area contributed by atoms with Crippen molar-refractivity contribution in [3.8, 4) is 22.8 Å². The number of rotatable bonds is 9. The first-order chi connectivity index (χ1) is 21.8. The lowest BCUT2D eigenvalue weighted by Gasteiger charge is -2.39. The Morgan fingerprint density at radius 2 is 1.85 bits per heavy atom. The van der Waals surface area contributed by atoms with Crippen molar-refractivity contribution >= 4 is 40.9 Å². The molecule has 0 unspecified atom stereocenters. The summed E-state index contributed by atoms with van der Waals surface area (Å²) in [6.45, 7) is 7.58. The van der Waals surface area contributed by atoms with E-state index in [0.717, 1.165) is 12.8 Å². The normalized spacial score (nSPS) is 18.5. The van der Waals surface area contributed by atoms with Crippen molar-refractivity contribution in [3.05, 3.63) is 58.1 Å². The van der Waals surface area contributed by atoms with E-state index in [0.29, 0.717) is 49.8 Å². The molecule has 0 saturated carbocycles. The van der Waals surface area contributed by atoms with Crippen LogP contribution in [-0.4, -0.2) is 60.5 Å². The topological polar surface area (TPSA) is 112 Å². The van der Waals surface area contributed by atoms with Gasteiger partial charge in [0.2, 0.25) is 17.9 Å². The van der Waals surface area contributed by atoms with E-state index in [1.54, 1.807) is 19.1 Å². The number of esters is 1. The van der Waals surface area contributed by atoms with Crippen molar-refractivity contribution in [2.24, 2.45) is 5.41 Å². The third kappa shape index (κ3) is 7.72. The summed E-state index contributed by atoms with van der Waals surface area (Å²) in [7, 11) is 0. The number of benzene rings is 2. The summed E-state index contributed by atoms with van der Waals surface area (Å²) in [6.07, 6.45) is -5.24. The van der Waals surface area contributed by atoms with Crippen molar-refractivity contribution < 1.29 is 32.2 Å². The number of nitrogens with zero attached hydrogens (tertiary/aromatic N) is 3. The number of carbonyl (C=O) groups is 1. The third-order valence-electron chi connectivity index (χ3n) is 8.23. The molecule has 2 atom stereocenters. The second-order valence-corrected chi connectivity index (χ2v) is 12.7. The molecule has 0 radical (unpaired) electrons. The van der Waals surface area contributed by atoms with Gasteiger partial charge in [0.15, 0.2) is 0 Å². The van der Waals surface area contributed by atoms with Crippen molar-refractivity contribution in [2.45, 2.75) is 64.5 Å². The smallest absolute Gasteiger partial charge is 0.429 e. The van der Waals surface area contributed by atoms with Gasteiger partial charge in [-0.1, -0.05) is 35.3 Å². The van der Waals surface area contributed by atoms with E-state index < -0.39 is 12.3 Å². The van der Waals surface area contributed by atoms with Crippen LogP contribution in [0.25, 0.3) is 11.1 Å². The number of hydrogen-bond donors (Lipinski definition) is 2. The summed E-state index contributed by atoms with van der Waals surface area (Å²) in [5.74, 6) is -0.0362. The zero-order valence-electron chi connectivity index (χ0n) is 25.7. The second-order valence-electron chi connectivity index (χ2n) is 11.9. The number of nitrogens with one attached hydrogen (secondary N) is 1. The molecule has 2 saturated heterocycles. The second kappa shape index (κ2) is 13.7. The lowest BCUT2D eigenvalue weighted by Crippen LogP contribution is -2.41. The number of nitrogen functional groups attached to an aromatic ring is 1. The maximum absolute atomic E-state index is 14.7. The number of anilines is 2. The number of hydrogen-bond acceptors (Lipinski definition) is 9. The van der Waals surface area contributed by atoms with Crippen molar-refractivity contribution in [1.29, 1.82) is 0 Å². The molecule has 2 aliphatic heterocycles. The lowest BCUT2D eigenvalue weighted by atomic mass is 9.76. The van der Waals surface area contributed by atoms with E-state index in [1.807, 2.05) is 18.7 Å². The quantitative estimate of drug-likeness (QED) is 0.230. The van der Waals surface area contributed by atoms with Gasteiger partial charge in [0.25, 0.3) is 0 Å². The van der Waals surface area contributed by atoms with Crippen LogP contribution >= 0.6 is 23.2 Å². The molecule has 1 aromatic heterocycles. The number of halogens is 5. The van der Waals surface area contributed by atoms with Gasteiger partial charge in [-0.05, 0) is 80.8 Å². The zero-order valence-corrected chi connectivity index (χ0v) is 27.2. The molecule has 1 spiro atoms. The largest absolute Gasteiger partial charge is 0.489 e. The van der Waals surface area contributed by atoms with Gasteiger partial charge >= 0.3 is 12.1 Å². The molecule has 0 bridgehead atoms. The van der Waals surface area contributed by atoms with Crippen LogP contribution in [0.5, 0.6) is 11.6 Å². The summed E-state index contributed by atoms with van der Waals surface area (Å²) in [6, 6.07) is 9.84. The van der Waals surface area contributed by atoms with Crippen LogP contribution in [-0.2, 0) is 9.53 Å². The standard InChI is InChI=1S/C32H36Cl2F3N5O4/c1-4-44-29(43)24-16-31(17-39-24)9-11-42(12-10-31)26-15-27(41-30(38)40-26)46-28(32(35,36)37)21-7-6-20(33)14-22(21)19-5-8-25(23(34)13-19)45-18(2)3/h5-8,13-15,18,24,28,39H,4,9-12,16-17H2,1-3H3,(H2,38,40,41)/t24-,28+/m0/s1. The maximum Gasteiger partial charge on any atom is 0.429 e. The summed E-state index contributed by atoms with van der Waals surface area (Å²) in [5.41, 5.74) is 6.29. The highest BCUT2D eigenvalue weighted by atomic mass is 35.5. The Morgan fingerprint density at radius 3 is 2.50 bits per heavy atom. The van der Waals surface area contributed by atoms with E-state index in [1.165, 1.54) is 30.3 Å². The molecular weight excluding hydrogens is 646 g/mol. The fraction of sp³-hybridized carbons (Fsp3) is 0.469. The van der Waals surface area contributed by atoms with Crippen LogP contribution < -0.4 is 25.4 Å². The van der Waals surface area contributed by atoms with Crippen LogP contribution in [0.2, 0.25) is 10.0 Å². The van der Waals surface area contributed by atoms with Crippen LogP contribution in [0.15, 0.2) is 42.5 Å². The Hall–Kier alpha value is -3.48. The van der Waals surface area contributed by atoms with E-state index in [2.05, 4.69) is 15.3 Å². The van der Waals surface area contributed by atoms with E-state index in [9.17, 15) is 18.0 Å². The molecule has 9 nitrogen and oxygen atoms in total. The SMILES string of the molecule is CCOC(=O)[C@@H]1CC2(CCN(c3cc(O[C@H](c4ccc(Cl)cc4-c4ccc(OC(C)C)c(Cl)c4)C(F)(F)F)nc(N)n3)CC2)CN1. The summed E-state index contributed by atoms with van der Waals surface area (Å²) >= 11 is 12.7. The van der Waals surface area contributed by atoms with Gasteiger partial charge in [0.05, 0.1) is 17.7 Å². The minimum absolute atomic E-state index is 0.0831. The molecule has 0 amide bonds. The minimum Gasteiger partial charge on any atom is -0.489 e. The number of ether oxygens (including phenoxy) is 3. The van der Waals surface area contributed by atoms with Gasteiger partial charge in [-0.15, -0.1) is 0 Å². The van der Waals surface area contributed by atoms with Gasteiger partial charge in [0, 0.05) is 36.3 Å². The predicted molar refractivity (Wildman–Crippen MR) is 170 cm³/mol. The molecule has 248 valence electrons. The third-order valence-corrected chi connectivity index (χ3v) is 8.76. The summed E-state index contributed by atoms with van der Waals surface area (Å²) in [5, 5.41) is 3.75. The van der Waals surface area contributed by atoms with E-state index >= 15 is 0 Å². The predicted octanol–water partition coefficient (Wildman–Crippen LogP) is 7.01. The number of carbonyl (C=O) groups excluding carboxylic acids is 1. The first-order valence-electron chi connectivity index (χ1n) is 15.1. The van der Waals surface area contributed by atoms with Crippen molar-refractivity contribution in [1.82, 2.24) is 15.3 Å². The first kappa shape index (κ1) is 33.9. The average Bonchev–Trinajstić information content (AvgIpc) is 3.40. The maximum atomic E-state index is 14.7. The van der Waals surface area contributed by atoms with Crippen LogP contribution in [0, 0.1) is 5.41 Å². The first-order valence-corrected chi connectivity index (χ1v) is 15.8. The molecule has 3 N–H and O–H groups in total. The molecule has 2 aromatic carbocycles. The summed E-state index contributed by atoms with van der Waals surface area (Å²) in [4.78, 5) is 22.5. The monoisotopic (exact) mass is 681 g/mol. The average molecular weight is 683 g/mol. The number of alkyl halides is 3. The van der Waals surface area contributed by atoms with Gasteiger partial charge < -0.3 is 30.2 Å². The number of piperidine rings is 1. The van der Waals surface area contributed by atoms with Crippen LogP contribution in [0.3, 0.4) is 0 Å². The Balaban J connectivity index is 1.39. The van der Waals surface area contributed by atoms with E-state index in [4.69, 9.17) is 43.1 Å². The van der Waals surface area contributed by atoms with Crippen LogP contribution in [0.1, 0.15) is 51.7 Å². The molecule has 3 aromatic rings. The highest BCUT2D eigenvalue weighted by Gasteiger charge is 2.46. The molecule has 2 fully saturated rings. The van der Waals surface area contributed by atoms with E-state index in [-0.39, 0.29) is 56.5 Å². The van der Waals surface area contributed by atoms with Gasteiger partial charge in [-0.2, -0.15) is 23.1 Å². The minimum atomic E-state index is -4.84. The molecule has 5 rings (SSSR count). The molecule has 2 aliphatic rings. The summed E-state index contributed by atoms with van der Waals surface area (Å²) < 4.78 is 60.6. The Labute approximate surface area is 275 Å². The fourth-order valence-corrected chi connectivity index (χ4v) is 6.42. The highest BCUT2D eigenvalue weighted by Crippen LogP contribution is 2.44. The molecule has 3 heterocycles. The molecular formula is C32H36Cl2F3N5O4. The molecule has 46 heavy (non-hydrogen) atoms. The van der Waals surface area contributed by atoms with Crippen molar-refractivity contribution in [2.75, 3.05) is 36.9 Å². The van der Waals surface area contributed by atoms with Gasteiger partial charge in [0.1, 0.15) is 17.6 Å².